The van der Waals surface area contributed by atoms with Crippen molar-refractivity contribution in [1.29, 1.82) is 0 Å². The Hall–Kier alpha value is -1.70. The van der Waals surface area contributed by atoms with Crippen LogP contribution in [0.4, 0.5) is 0 Å². The summed E-state index contributed by atoms with van der Waals surface area (Å²) in [7, 11) is 15.2. The second-order valence-corrected chi connectivity index (χ2v) is 29.3. The van der Waals surface area contributed by atoms with Crippen LogP contribution in [-0.4, -0.2) is 9.52 Å². The van der Waals surface area contributed by atoms with Crippen molar-refractivity contribution in [2.24, 2.45) is 5.92 Å². The third-order valence-electron chi connectivity index (χ3n) is 9.32. The van der Waals surface area contributed by atoms with Crippen molar-refractivity contribution in [1.82, 2.24) is 0 Å². The number of aryl methyl sites for hydroxylation is 1. The number of halogens is 2. The molecule has 4 aromatic carbocycles. The zero-order chi connectivity index (χ0) is 29.9. The molecule has 0 aromatic heterocycles. The number of fused-ring (bicyclic) bond motifs is 4. The molecule has 0 spiro atoms. The molecule has 1 aliphatic heterocycles. The zero-order valence-electron chi connectivity index (χ0n) is 26.0. The number of benzene rings is 4. The predicted molar refractivity (Wildman–Crippen MR) is 186 cm³/mol. The second-order valence-electron chi connectivity index (χ2n) is 13.5. The van der Waals surface area contributed by atoms with Gasteiger partial charge in [-0.25, -0.2) is 0 Å². The minimum atomic E-state index is -4.01. The SMILES string of the molecule is Cc1ccc2c(c1-c1cc(C(C)C)cc(C(C)C)c1)C=C(CC(C)C)[CH]2[Zr]([Cl])([Cl])[c]1cccc2c1[SiH2]c1ccccc1-2. The average molecular weight is 689 g/mol. The standard InChI is InChI=1S/C26H33.C12H9Si.2ClH.Zr/c1-16(2)10-20-11-21-9-8-19(7)26(25(21)12-20)24-14-22(17(3)4)13-23(15-24)18(5)6;1-3-7-11-9(5-1)10-6-2-4-8-12(10)13-11;;;/h8-9,11-18H,10H2,1-7H3;1-7H,13H2;2*1H;/q;;;;+2/p-2. The fourth-order valence-corrected chi connectivity index (χ4v) is 24.0. The summed E-state index contributed by atoms with van der Waals surface area (Å²) in [6.45, 7) is 16.1. The van der Waals surface area contributed by atoms with E-state index in [-0.39, 0.29) is 3.63 Å². The van der Waals surface area contributed by atoms with Crippen LogP contribution in [0.5, 0.6) is 0 Å². The Morgan fingerprint density at radius 1 is 0.786 bits per heavy atom. The summed E-state index contributed by atoms with van der Waals surface area (Å²) in [6, 6.07) is 27.6. The van der Waals surface area contributed by atoms with Gasteiger partial charge in [0.05, 0.1) is 0 Å². The van der Waals surface area contributed by atoms with Crippen molar-refractivity contribution in [3.05, 3.63) is 106 Å². The molecule has 4 heteroatoms. The Morgan fingerprint density at radius 3 is 2.12 bits per heavy atom. The molecule has 1 atom stereocenters. The molecule has 0 fully saturated rings. The van der Waals surface area contributed by atoms with Crippen LogP contribution in [0.2, 0.25) is 0 Å². The normalized spacial score (nSPS) is 16.4. The van der Waals surface area contributed by atoms with Gasteiger partial charge in [0.25, 0.3) is 0 Å². The Balaban J connectivity index is 1.54. The molecular weight excluding hydrogens is 647 g/mol. The van der Waals surface area contributed by atoms with E-state index < -0.39 is 27.4 Å². The summed E-state index contributed by atoms with van der Waals surface area (Å²) >= 11 is -4.01. The topological polar surface area (TPSA) is 0 Å². The monoisotopic (exact) mass is 686 g/mol. The van der Waals surface area contributed by atoms with Crippen molar-refractivity contribution in [3.63, 3.8) is 0 Å². The summed E-state index contributed by atoms with van der Waals surface area (Å²) in [5.41, 5.74) is 13.7. The molecule has 1 unspecified atom stereocenters. The molecule has 1 heterocycles. The molecule has 6 rings (SSSR count). The van der Waals surface area contributed by atoms with Gasteiger partial charge in [-0.2, -0.15) is 0 Å². The molecule has 0 bridgehead atoms. The Bertz CT molecular complexity index is 1690. The fraction of sp³-hybridized carbons (Fsp3) is 0.316. The quantitative estimate of drug-likeness (QED) is 0.150. The molecule has 42 heavy (non-hydrogen) atoms. The number of hydrogen-bond donors (Lipinski definition) is 0. The predicted octanol–water partition coefficient (Wildman–Crippen LogP) is 9.28. The summed E-state index contributed by atoms with van der Waals surface area (Å²) in [5, 5.41) is 3.01. The minimum absolute atomic E-state index is 0.112. The second kappa shape index (κ2) is 11.7. The third-order valence-corrected chi connectivity index (χ3v) is 23.7. The van der Waals surface area contributed by atoms with E-state index in [1.54, 1.807) is 0 Å². The molecule has 0 saturated heterocycles. The van der Waals surface area contributed by atoms with E-state index in [1.165, 1.54) is 69.3 Å². The van der Waals surface area contributed by atoms with Crippen molar-refractivity contribution in [2.45, 2.75) is 70.3 Å². The van der Waals surface area contributed by atoms with Crippen LogP contribution in [-0.2, 0) is 17.9 Å². The van der Waals surface area contributed by atoms with E-state index in [1.807, 2.05) is 0 Å². The number of rotatable bonds is 7. The molecule has 0 radical (unpaired) electrons. The molecule has 0 N–H and O–H groups in total. The first kappa shape index (κ1) is 30.3. The van der Waals surface area contributed by atoms with Crippen molar-refractivity contribution >= 4 is 46.3 Å². The van der Waals surface area contributed by atoms with E-state index in [4.69, 9.17) is 17.0 Å². The van der Waals surface area contributed by atoms with Gasteiger partial charge >= 0.3 is 269 Å². The van der Waals surface area contributed by atoms with Gasteiger partial charge in [0.1, 0.15) is 0 Å². The molecule has 0 nitrogen and oxygen atoms in total. The first-order valence-electron chi connectivity index (χ1n) is 15.5. The van der Waals surface area contributed by atoms with Gasteiger partial charge in [0.2, 0.25) is 0 Å². The molecule has 216 valence electrons. The van der Waals surface area contributed by atoms with Crippen molar-refractivity contribution in [3.8, 4) is 22.3 Å². The van der Waals surface area contributed by atoms with Gasteiger partial charge < -0.3 is 0 Å². The van der Waals surface area contributed by atoms with Crippen LogP contribution >= 0.6 is 17.0 Å². The molecule has 1 aliphatic carbocycles. The first-order valence-corrected chi connectivity index (χ1v) is 25.9. The summed E-state index contributed by atoms with van der Waals surface area (Å²) < 4.78 is 1.42. The molecule has 2 aliphatic rings. The van der Waals surface area contributed by atoms with E-state index in [0.717, 1.165) is 6.42 Å². The average Bonchev–Trinajstić information content (AvgIpc) is 3.50. The maximum atomic E-state index is 7.93. The molecule has 0 saturated carbocycles. The number of hydrogen-bond acceptors (Lipinski definition) is 0. The summed E-state index contributed by atoms with van der Waals surface area (Å²) in [5.74, 6) is 1.48. The van der Waals surface area contributed by atoms with E-state index in [0.29, 0.717) is 17.8 Å². The van der Waals surface area contributed by atoms with Gasteiger partial charge in [0, 0.05) is 0 Å². The van der Waals surface area contributed by atoms with Crippen LogP contribution in [0.15, 0.2) is 78.4 Å². The van der Waals surface area contributed by atoms with Gasteiger partial charge in [-0.1, -0.05) is 0 Å². The van der Waals surface area contributed by atoms with Gasteiger partial charge in [-0.15, -0.1) is 0 Å². The third kappa shape index (κ3) is 5.30. The van der Waals surface area contributed by atoms with Crippen LogP contribution in [0.3, 0.4) is 0 Å². The molecule has 4 aromatic rings. The van der Waals surface area contributed by atoms with E-state index >= 15 is 0 Å². The summed E-state index contributed by atoms with van der Waals surface area (Å²) in [4.78, 5) is 0. The van der Waals surface area contributed by atoms with Crippen LogP contribution in [0.1, 0.15) is 91.2 Å². The maximum absolute atomic E-state index is 7.93. The Kier molecular flexibility index (Phi) is 8.42. The van der Waals surface area contributed by atoms with Crippen molar-refractivity contribution in [2.75, 3.05) is 0 Å². The zero-order valence-corrected chi connectivity index (χ0v) is 31.4. The van der Waals surface area contributed by atoms with Gasteiger partial charge in [-0.3, -0.25) is 0 Å². The van der Waals surface area contributed by atoms with Crippen LogP contribution in [0.25, 0.3) is 28.3 Å². The fourth-order valence-electron chi connectivity index (χ4n) is 7.19. The Labute approximate surface area is 266 Å². The van der Waals surface area contributed by atoms with Crippen LogP contribution < -0.4 is 13.6 Å². The Morgan fingerprint density at radius 2 is 1.45 bits per heavy atom. The van der Waals surface area contributed by atoms with Crippen molar-refractivity contribution < 1.29 is 17.9 Å². The van der Waals surface area contributed by atoms with E-state index in [9.17, 15) is 0 Å². The first-order chi connectivity index (χ1) is 20.0. The molecule has 0 amide bonds. The van der Waals surface area contributed by atoms with E-state index in [2.05, 4.69) is 127 Å². The van der Waals surface area contributed by atoms with Gasteiger partial charge in [0.15, 0.2) is 0 Å². The molecular formula is C38H42Cl2SiZr. The number of allylic oxidation sites excluding steroid dienone is 1. The summed E-state index contributed by atoms with van der Waals surface area (Å²) in [6.07, 6.45) is 3.51. The van der Waals surface area contributed by atoms with Gasteiger partial charge in [-0.05, 0) is 0 Å². The van der Waals surface area contributed by atoms with Crippen LogP contribution in [0, 0.1) is 12.8 Å².